The molecule has 2 atom stereocenters. The summed E-state index contributed by atoms with van der Waals surface area (Å²) in [6.07, 6.45) is 0. The van der Waals surface area contributed by atoms with Gasteiger partial charge in [-0.05, 0) is 5.92 Å². The summed E-state index contributed by atoms with van der Waals surface area (Å²) in [7, 11) is 0. The van der Waals surface area contributed by atoms with Gasteiger partial charge >= 0.3 is 0 Å². The standard InChI is InChI=1S/C12H20N2O/c1-9(2)12-6-13-4-11(3,10(12)15)5-14(7-12)8-13/h9H,4-8H2,1-3H3. The lowest BCUT2D eigenvalue weighted by Crippen LogP contribution is -2.76. The van der Waals surface area contributed by atoms with Crippen molar-refractivity contribution in [3.05, 3.63) is 0 Å². The number of nitrogens with zero attached hydrogens (tertiary/aromatic N) is 2. The lowest BCUT2D eigenvalue weighted by Gasteiger charge is -2.63. The summed E-state index contributed by atoms with van der Waals surface area (Å²) in [6.45, 7) is 11.6. The van der Waals surface area contributed by atoms with Crippen LogP contribution in [0, 0.1) is 16.7 Å². The van der Waals surface area contributed by atoms with E-state index in [0.29, 0.717) is 11.7 Å². The molecule has 15 heavy (non-hydrogen) atoms. The van der Waals surface area contributed by atoms with Crippen molar-refractivity contribution in [3.63, 3.8) is 0 Å². The molecule has 4 bridgehead atoms. The van der Waals surface area contributed by atoms with Gasteiger partial charge in [0.05, 0.1) is 17.5 Å². The first-order valence-corrected chi connectivity index (χ1v) is 5.96. The number of hydrogen-bond acceptors (Lipinski definition) is 3. The quantitative estimate of drug-likeness (QED) is 0.637. The van der Waals surface area contributed by atoms with Crippen LogP contribution >= 0.6 is 0 Å². The number of piperidine rings is 2. The molecule has 2 unspecified atom stereocenters. The second kappa shape index (κ2) is 2.64. The van der Waals surface area contributed by atoms with Crippen molar-refractivity contribution in [2.45, 2.75) is 20.8 Å². The highest BCUT2D eigenvalue weighted by molar-refractivity contribution is 5.93. The first-order valence-electron chi connectivity index (χ1n) is 5.96. The number of rotatable bonds is 1. The third-order valence-electron chi connectivity index (χ3n) is 4.66. The topological polar surface area (TPSA) is 23.6 Å². The summed E-state index contributed by atoms with van der Waals surface area (Å²) >= 11 is 0. The Hall–Kier alpha value is -0.410. The van der Waals surface area contributed by atoms with E-state index in [0.717, 1.165) is 32.8 Å². The lowest BCUT2D eigenvalue weighted by atomic mass is 9.58. The average molecular weight is 208 g/mol. The Labute approximate surface area is 91.4 Å². The van der Waals surface area contributed by atoms with Crippen molar-refractivity contribution in [3.8, 4) is 0 Å². The van der Waals surface area contributed by atoms with Crippen LogP contribution in [-0.2, 0) is 4.79 Å². The zero-order chi connectivity index (χ0) is 10.8. The molecule has 0 aliphatic carbocycles. The minimum atomic E-state index is -0.0843. The van der Waals surface area contributed by atoms with Crippen molar-refractivity contribution in [2.24, 2.45) is 16.7 Å². The maximum Gasteiger partial charge on any atom is 0.150 e. The van der Waals surface area contributed by atoms with Gasteiger partial charge in [-0.25, -0.2) is 0 Å². The monoisotopic (exact) mass is 208 g/mol. The minimum absolute atomic E-state index is 0.0660. The molecule has 0 N–H and O–H groups in total. The number of carbonyl (C=O) groups is 1. The average Bonchev–Trinajstić information content (AvgIpc) is 2.12. The Morgan fingerprint density at radius 1 is 1.13 bits per heavy atom. The molecule has 84 valence electrons. The molecule has 3 heteroatoms. The summed E-state index contributed by atoms with van der Waals surface area (Å²) < 4.78 is 0. The first kappa shape index (κ1) is 9.79. The van der Waals surface area contributed by atoms with Crippen LogP contribution in [0.1, 0.15) is 20.8 Å². The van der Waals surface area contributed by atoms with E-state index in [1.807, 2.05) is 0 Å². The Bertz CT molecular complexity index is 310. The van der Waals surface area contributed by atoms with Crippen molar-refractivity contribution < 1.29 is 4.79 Å². The highest BCUT2D eigenvalue weighted by Crippen LogP contribution is 2.49. The Morgan fingerprint density at radius 2 is 1.67 bits per heavy atom. The van der Waals surface area contributed by atoms with Crippen LogP contribution in [0.3, 0.4) is 0 Å². The number of Topliss-reactive ketones (excluding diaryl/α,β-unsaturated/α-hetero) is 1. The van der Waals surface area contributed by atoms with Crippen LogP contribution < -0.4 is 0 Å². The van der Waals surface area contributed by atoms with Crippen LogP contribution in [0.15, 0.2) is 0 Å². The molecule has 0 amide bonds. The Kier molecular flexibility index (Phi) is 1.72. The Morgan fingerprint density at radius 3 is 2.13 bits per heavy atom. The van der Waals surface area contributed by atoms with Gasteiger partial charge in [0.1, 0.15) is 5.78 Å². The van der Waals surface area contributed by atoms with Crippen molar-refractivity contribution in [1.82, 2.24) is 9.80 Å². The van der Waals surface area contributed by atoms with Crippen LogP contribution in [-0.4, -0.2) is 48.4 Å². The van der Waals surface area contributed by atoms with E-state index in [9.17, 15) is 4.79 Å². The molecule has 0 radical (unpaired) electrons. The van der Waals surface area contributed by atoms with Gasteiger partial charge in [-0.1, -0.05) is 20.8 Å². The van der Waals surface area contributed by atoms with Gasteiger partial charge in [0.2, 0.25) is 0 Å². The van der Waals surface area contributed by atoms with Gasteiger partial charge in [0.15, 0.2) is 0 Å². The lowest BCUT2D eigenvalue weighted by molar-refractivity contribution is -0.187. The van der Waals surface area contributed by atoms with Gasteiger partial charge in [-0.15, -0.1) is 0 Å². The summed E-state index contributed by atoms with van der Waals surface area (Å²) in [6, 6.07) is 0. The molecule has 4 saturated heterocycles. The molecule has 4 fully saturated rings. The fraction of sp³-hybridized carbons (Fsp3) is 0.917. The van der Waals surface area contributed by atoms with Crippen molar-refractivity contribution in [1.29, 1.82) is 0 Å². The maximum atomic E-state index is 12.6. The van der Waals surface area contributed by atoms with E-state index in [1.165, 1.54) is 0 Å². The van der Waals surface area contributed by atoms with E-state index >= 15 is 0 Å². The van der Waals surface area contributed by atoms with E-state index in [-0.39, 0.29) is 10.8 Å². The fourth-order valence-corrected chi connectivity index (χ4v) is 4.00. The summed E-state index contributed by atoms with van der Waals surface area (Å²) in [4.78, 5) is 17.5. The molecule has 0 saturated carbocycles. The van der Waals surface area contributed by atoms with Gasteiger partial charge < -0.3 is 0 Å². The Balaban J connectivity index is 2.07. The normalized spacial score (nSPS) is 52.9. The largest absolute Gasteiger partial charge is 0.298 e. The van der Waals surface area contributed by atoms with E-state index in [4.69, 9.17) is 0 Å². The zero-order valence-electron chi connectivity index (χ0n) is 9.92. The molecule has 4 rings (SSSR count). The van der Waals surface area contributed by atoms with E-state index < -0.39 is 0 Å². The molecule has 0 spiro atoms. The zero-order valence-corrected chi connectivity index (χ0v) is 9.92. The second-order valence-electron chi connectivity index (χ2n) is 6.32. The SMILES string of the molecule is CC(C)C12CN3CN(CC(C)(C3)C1=O)C2. The van der Waals surface area contributed by atoms with Crippen LogP contribution in [0.25, 0.3) is 0 Å². The predicted molar refractivity (Wildman–Crippen MR) is 58.4 cm³/mol. The first-order chi connectivity index (χ1) is 6.96. The fourth-order valence-electron chi connectivity index (χ4n) is 4.00. The van der Waals surface area contributed by atoms with Gasteiger partial charge in [-0.2, -0.15) is 0 Å². The highest BCUT2D eigenvalue weighted by Gasteiger charge is 2.61. The smallest absolute Gasteiger partial charge is 0.150 e. The number of carbonyl (C=O) groups excluding carboxylic acids is 1. The van der Waals surface area contributed by atoms with Crippen molar-refractivity contribution in [2.75, 3.05) is 32.8 Å². The molecule has 4 heterocycles. The molecule has 0 aromatic carbocycles. The van der Waals surface area contributed by atoms with Crippen molar-refractivity contribution >= 4 is 5.78 Å². The molecule has 3 nitrogen and oxygen atoms in total. The van der Waals surface area contributed by atoms with E-state index in [2.05, 4.69) is 30.6 Å². The molecular formula is C12H20N2O. The molecule has 0 aromatic rings. The highest BCUT2D eigenvalue weighted by atomic mass is 16.1. The molecule has 4 aliphatic heterocycles. The molecule has 4 aliphatic rings. The van der Waals surface area contributed by atoms with Gasteiger partial charge in [-0.3, -0.25) is 14.6 Å². The van der Waals surface area contributed by atoms with Gasteiger partial charge in [0, 0.05) is 26.2 Å². The minimum Gasteiger partial charge on any atom is -0.298 e. The number of hydrogen-bond donors (Lipinski definition) is 0. The summed E-state index contributed by atoms with van der Waals surface area (Å²) in [5.41, 5.74) is -0.150. The predicted octanol–water partition coefficient (Wildman–Crippen LogP) is 0.806. The van der Waals surface area contributed by atoms with Crippen LogP contribution in [0.4, 0.5) is 0 Å². The van der Waals surface area contributed by atoms with Crippen LogP contribution in [0.5, 0.6) is 0 Å². The third-order valence-corrected chi connectivity index (χ3v) is 4.66. The summed E-state index contributed by atoms with van der Waals surface area (Å²) in [5, 5.41) is 0. The van der Waals surface area contributed by atoms with Crippen LogP contribution in [0.2, 0.25) is 0 Å². The number of ketones is 1. The maximum absolute atomic E-state index is 12.6. The summed E-state index contributed by atoms with van der Waals surface area (Å²) in [5.74, 6) is 1.01. The van der Waals surface area contributed by atoms with E-state index in [1.54, 1.807) is 0 Å². The second-order valence-corrected chi connectivity index (χ2v) is 6.32. The third kappa shape index (κ3) is 1.06. The molecular weight excluding hydrogens is 188 g/mol. The molecule has 0 aromatic heterocycles. The van der Waals surface area contributed by atoms with Gasteiger partial charge in [0.25, 0.3) is 0 Å².